The fourth-order valence-electron chi connectivity index (χ4n) is 2.74. The average molecular weight is 264 g/mol. The maximum Gasteiger partial charge on any atom is 0.0670 e. The molecule has 2 aromatic rings. The predicted octanol–water partition coefficient (Wildman–Crippen LogP) is 2.24. The molecule has 0 bridgehead atoms. The van der Waals surface area contributed by atoms with Gasteiger partial charge in [-0.25, -0.2) is 0 Å². The van der Waals surface area contributed by atoms with Gasteiger partial charge in [-0.05, 0) is 11.6 Å². The van der Waals surface area contributed by atoms with Crippen molar-refractivity contribution >= 4 is 22.5 Å². The van der Waals surface area contributed by atoms with Gasteiger partial charge in [-0.2, -0.15) is 0 Å². The first-order valence-corrected chi connectivity index (χ1v) is 6.79. The largest absolute Gasteiger partial charge is 0.349 e. The van der Waals surface area contributed by atoms with E-state index in [1.165, 1.54) is 10.9 Å². The number of halogens is 1. The number of hydrogen-bond acceptors (Lipinski definition) is 2. The number of rotatable bonds is 2. The summed E-state index contributed by atoms with van der Waals surface area (Å²) >= 11 is 6.27. The number of piperazine rings is 1. The van der Waals surface area contributed by atoms with Crippen molar-refractivity contribution in [1.82, 2.24) is 14.8 Å². The van der Waals surface area contributed by atoms with Gasteiger partial charge in [0.1, 0.15) is 0 Å². The molecule has 0 saturated carbocycles. The number of hydrogen-bond donors (Lipinski definition) is 1. The minimum atomic E-state index is 0.835. The Hall–Kier alpha value is -1.03. The summed E-state index contributed by atoms with van der Waals surface area (Å²) in [4.78, 5) is 2.49. The van der Waals surface area contributed by atoms with E-state index in [9.17, 15) is 0 Å². The molecule has 0 spiro atoms. The Balaban J connectivity index is 1.94. The second-order valence-electron chi connectivity index (χ2n) is 4.93. The fourth-order valence-corrected chi connectivity index (χ4v) is 3.04. The molecular formula is C14H18ClN3. The van der Waals surface area contributed by atoms with Gasteiger partial charge in [0.15, 0.2) is 0 Å². The van der Waals surface area contributed by atoms with Gasteiger partial charge >= 0.3 is 0 Å². The molecule has 3 rings (SSSR count). The summed E-state index contributed by atoms with van der Waals surface area (Å²) in [6.07, 6.45) is 2.21. The van der Waals surface area contributed by atoms with Crippen LogP contribution in [0.25, 0.3) is 10.9 Å². The van der Waals surface area contributed by atoms with Gasteiger partial charge in [-0.15, -0.1) is 0 Å². The number of benzene rings is 1. The standard InChI is InChI=1S/C14H18ClN3/c1-17-9-11(10-18-7-5-16-6-8-18)12-3-2-4-13(15)14(12)17/h2-4,9,16H,5-8,10H2,1H3. The minimum Gasteiger partial charge on any atom is -0.349 e. The number of nitrogens with one attached hydrogen (secondary N) is 1. The highest BCUT2D eigenvalue weighted by Crippen LogP contribution is 2.28. The Kier molecular flexibility index (Phi) is 3.29. The predicted molar refractivity (Wildman–Crippen MR) is 76.1 cm³/mol. The molecule has 1 fully saturated rings. The molecule has 2 heterocycles. The molecule has 3 nitrogen and oxygen atoms in total. The summed E-state index contributed by atoms with van der Waals surface area (Å²) in [5.41, 5.74) is 2.52. The first kappa shape index (κ1) is 12.0. The van der Waals surface area contributed by atoms with Crippen molar-refractivity contribution in [3.8, 4) is 0 Å². The van der Waals surface area contributed by atoms with Crippen LogP contribution in [0.5, 0.6) is 0 Å². The van der Waals surface area contributed by atoms with E-state index in [0.717, 1.165) is 43.3 Å². The first-order chi connectivity index (χ1) is 8.75. The third-order valence-corrected chi connectivity index (χ3v) is 3.94. The van der Waals surface area contributed by atoms with Crippen LogP contribution in [-0.2, 0) is 13.6 Å². The molecule has 0 atom stereocenters. The maximum absolute atomic E-state index is 6.27. The Morgan fingerprint density at radius 3 is 2.83 bits per heavy atom. The molecule has 1 N–H and O–H groups in total. The van der Waals surface area contributed by atoms with Crippen LogP contribution in [0.1, 0.15) is 5.56 Å². The fraction of sp³-hybridized carbons (Fsp3) is 0.429. The highest BCUT2D eigenvalue weighted by atomic mass is 35.5. The molecule has 0 amide bonds. The van der Waals surface area contributed by atoms with Gasteiger partial charge in [-0.3, -0.25) is 4.90 Å². The van der Waals surface area contributed by atoms with E-state index in [0.29, 0.717) is 0 Å². The minimum absolute atomic E-state index is 0.835. The van der Waals surface area contributed by atoms with Gasteiger partial charge in [0.2, 0.25) is 0 Å². The van der Waals surface area contributed by atoms with Gasteiger partial charge in [-0.1, -0.05) is 23.7 Å². The third-order valence-electron chi connectivity index (χ3n) is 3.64. The third kappa shape index (κ3) is 2.14. The zero-order chi connectivity index (χ0) is 12.5. The van der Waals surface area contributed by atoms with Gasteiger partial charge in [0.25, 0.3) is 0 Å². The zero-order valence-corrected chi connectivity index (χ0v) is 11.4. The molecule has 1 aliphatic heterocycles. The molecule has 4 heteroatoms. The van der Waals surface area contributed by atoms with Gasteiger partial charge in [0.05, 0.1) is 10.5 Å². The van der Waals surface area contributed by atoms with Crippen LogP contribution in [0.15, 0.2) is 24.4 Å². The molecule has 1 saturated heterocycles. The number of aromatic nitrogens is 1. The Morgan fingerprint density at radius 2 is 2.06 bits per heavy atom. The quantitative estimate of drug-likeness (QED) is 0.897. The van der Waals surface area contributed by atoms with Crippen LogP contribution < -0.4 is 5.32 Å². The molecule has 1 aromatic heterocycles. The molecule has 0 radical (unpaired) electrons. The van der Waals surface area contributed by atoms with E-state index in [4.69, 9.17) is 11.6 Å². The molecule has 0 unspecified atom stereocenters. The molecule has 1 aromatic carbocycles. The van der Waals surface area contributed by atoms with Crippen molar-refractivity contribution in [2.24, 2.45) is 7.05 Å². The number of fused-ring (bicyclic) bond motifs is 1. The lowest BCUT2D eigenvalue weighted by molar-refractivity contribution is 0.234. The lowest BCUT2D eigenvalue weighted by Gasteiger charge is -2.26. The first-order valence-electron chi connectivity index (χ1n) is 6.41. The van der Waals surface area contributed by atoms with Gasteiger partial charge < -0.3 is 9.88 Å². The van der Waals surface area contributed by atoms with E-state index in [1.807, 2.05) is 12.1 Å². The average Bonchev–Trinajstić information content (AvgIpc) is 2.69. The summed E-state index contributed by atoms with van der Waals surface area (Å²) in [7, 11) is 2.06. The van der Waals surface area contributed by atoms with Crippen LogP contribution in [0.4, 0.5) is 0 Å². The van der Waals surface area contributed by atoms with Crippen LogP contribution in [0.2, 0.25) is 5.02 Å². The lowest BCUT2D eigenvalue weighted by atomic mass is 10.1. The monoisotopic (exact) mass is 263 g/mol. The van der Waals surface area contributed by atoms with Crippen molar-refractivity contribution in [2.75, 3.05) is 26.2 Å². The van der Waals surface area contributed by atoms with Crippen molar-refractivity contribution in [2.45, 2.75) is 6.54 Å². The molecule has 1 aliphatic rings. The van der Waals surface area contributed by atoms with Gasteiger partial charge in [0, 0.05) is 51.4 Å². The van der Waals surface area contributed by atoms with E-state index >= 15 is 0 Å². The number of para-hydroxylation sites is 1. The number of aryl methyl sites for hydroxylation is 1. The molecule has 96 valence electrons. The Bertz CT molecular complexity index is 555. The molecular weight excluding hydrogens is 246 g/mol. The Labute approximate surface area is 112 Å². The SMILES string of the molecule is Cn1cc(CN2CCNCC2)c2cccc(Cl)c21. The summed E-state index contributed by atoms with van der Waals surface area (Å²) in [6, 6.07) is 6.16. The lowest BCUT2D eigenvalue weighted by Crippen LogP contribution is -2.42. The van der Waals surface area contributed by atoms with Crippen molar-refractivity contribution in [3.05, 3.63) is 35.0 Å². The van der Waals surface area contributed by atoms with E-state index in [1.54, 1.807) is 0 Å². The molecule has 18 heavy (non-hydrogen) atoms. The normalized spacial score (nSPS) is 17.4. The Morgan fingerprint density at radius 1 is 1.28 bits per heavy atom. The van der Waals surface area contributed by atoms with Crippen LogP contribution in [-0.4, -0.2) is 35.6 Å². The van der Waals surface area contributed by atoms with Crippen LogP contribution >= 0.6 is 11.6 Å². The van der Waals surface area contributed by atoms with Crippen LogP contribution in [0.3, 0.4) is 0 Å². The van der Waals surface area contributed by atoms with Crippen molar-refractivity contribution < 1.29 is 0 Å². The maximum atomic E-state index is 6.27. The van der Waals surface area contributed by atoms with Crippen molar-refractivity contribution in [3.63, 3.8) is 0 Å². The van der Waals surface area contributed by atoms with Crippen molar-refractivity contribution in [1.29, 1.82) is 0 Å². The van der Waals surface area contributed by atoms with Crippen LogP contribution in [0, 0.1) is 0 Å². The highest BCUT2D eigenvalue weighted by molar-refractivity contribution is 6.35. The summed E-state index contributed by atoms with van der Waals surface area (Å²) in [5.74, 6) is 0. The topological polar surface area (TPSA) is 20.2 Å². The van der Waals surface area contributed by atoms with E-state index in [2.05, 4.69) is 34.1 Å². The van der Waals surface area contributed by atoms with E-state index in [-0.39, 0.29) is 0 Å². The number of nitrogens with zero attached hydrogens (tertiary/aromatic N) is 2. The second kappa shape index (κ2) is 4.92. The summed E-state index contributed by atoms with van der Waals surface area (Å²) in [6.45, 7) is 5.43. The van der Waals surface area contributed by atoms with E-state index < -0.39 is 0 Å². The highest BCUT2D eigenvalue weighted by Gasteiger charge is 2.14. The second-order valence-corrected chi connectivity index (χ2v) is 5.33. The smallest absolute Gasteiger partial charge is 0.0670 e. The molecule has 0 aliphatic carbocycles. The summed E-state index contributed by atoms with van der Waals surface area (Å²) < 4.78 is 2.13. The zero-order valence-electron chi connectivity index (χ0n) is 10.6. The summed E-state index contributed by atoms with van der Waals surface area (Å²) in [5, 5.41) is 5.50.